The fraction of sp³-hybridized carbons (Fsp3) is 0.625. The molecule has 1 saturated heterocycles. The molecule has 2 aromatic heterocycles. The molecule has 1 unspecified atom stereocenters. The lowest BCUT2D eigenvalue weighted by Gasteiger charge is -2.26. The van der Waals surface area contributed by atoms with Crippen molar-refractivity contribution in [1.82, 2.24) is 14.5 Å². The molecule has 6 heteroatoms. The summed E-state index contributed by atoms with van der Waals surface area (Å²) < 4.78 is 14.8. The molecule has 0 bridgehead atoms. The van der Waals surface area contributed by atoms with Crippen molar-refractivity contribution in [1.29, 1.82) is 0 Å². The summed E-state index contributed by atoms with van der Waals surface area (Å²) in [5, 5.41) is 0. The van der Waals surface area contributed by atoms with Gasteiger partial charge in [0.25, 0.3) is 0 Å². The van der Waals surface area contributed by atoms with Crippen LogP contribution in [0.1, 0.15) is 58.0 Å². The zero-order valence-corrected chi connectivity index (χ0v) is 14.8. The monoisotopic (exact) mass is 367 g/mol. The lowest BCUT2D eigenvalue weighted by atomic mass is 10.2. The van der Waals surface area contributed by atoms with Crippen LogP contribution in [0.3, 0.4) is 0 Å². The molecule has 2 aromatic rings. The van der Waals surface area contributed by atoms with Crippen molar-refractivity contribution < 1.29 is 9.47 Å². The van der Waals surface area contributed by atoms with Crippen molar-refractivity contribution in [3.8, 4) is 0 Å². The van der Waals surface area contributed by atoms with Gasteiger partial charge in [0.15, 0.2) is 6.29 Å². The van der Waals surface area contributed by atoms with Crippen molar-refractivity contribution >= 4 is 27.0 Å². The third-order valence-corrected chi connectivity index (χ3v) is 4.38. The van der Waals surface area contributed by atoms with Crippen LogP contribution in [-0.4, -0.2) is 27.4 Å². The van der Waals surface area contributed by atoms with Gasteiger partial charge >= 0.3 is 0 Å². The van der Waals surface area contributed by atoms with Gasteiger partial charge in [-0.2, -0.15) is 0 Å². The van der Waals surface area contributed by atoms with Gasteiger partial charge in [0.05, 0.1) is 11.7 Å². The zero-order chi connectivity index (χ0) is 15.7. The maximum atomic E-state index is 6.09. The van der Waals surface area contributed by atoms with E-state index in [1.165, 1.54) is 0 Å². The van der Waals surface area contributed by atoms with Crippen molar-refractivity contribution in [2.75, 3.05) is 6.61 Å². The van der Waals surface area contributed by atoms with Crippen LogP contribution in [-0.2, 0) is 9.47 Å². The topological polar surface area (TPSA) is 49.2 Å². The molecule has 3 rings (SSSR count). The first kappa shape index (κ1) is 15.9. The Hall–Kier alpha value is -0.980. The van der Waals surface area contributed by atoms with Gasteiger partial charge in [-0.3, -0.25) is 0 Å². The summed E-state index contributed by atoms with van der Waals surface area (Å²) in [5.74, 6) is 0.930. The molecular weight excluding hydrogens is 346 g/mol. The highest BCUT2D eigenvalue weighted by Crippen LogP contribution is 2.29. The van der Waals surface area contributed by atoms with E-state index in [4.69, 9.17) is 14.5 Å². The van der Waals surface area contributed by atoms with Crippen LogP contribution < -0.4 is 0 Å². The first-order valence-electron chi connectivity index (χ1n) is 7.86. The second-order valence-electron chi connectivity index (χ2n) is 6.00. The highest BCUT2D eigenvalue weighted by Gasteiger charge is 2.24. The average molecular weight is 368 g/mol. The normalized spacial score (nSPS) is 20.7. The molecule has 2 atom stereocenters. The molecular formula is C16H22BrN3O2. The highest BCUT2D eigenvalue weighted by molar-refractivity contribution is 9.10. The Morgan fingerprint density at radius 1 is 1.36 bits per heavy atom. The molecule has 0 N–H and O–H groups in total. The minimum Gasteiger partial charge on any atom is -0.353 e. The van der Waals surface area contributed by atoms with Crippen molar-refractivity contribution in [2.24, 2.45) is 0 Å². The molecule has 3 heterocycles. The van der Waals surface area contributed by atoms with Crippen LogP contribution in [0.15, 0.2) is 16.9 Å². The summed E-state index contributed by atoms with van der Waals surface area (Å²) in [5.41, 5.74) is 1.97. The third-order valence-electron chi connectivity index (χ3n) is 3.94. The van der Waals surface area contributed by atoms with Crippen molar-refractivity contribution in [3.05, 3.63) is 22.7 Å². The number of hydrogen-bond acceptors (Lipinski definition) is 4. The minimum atomic E-state index is -0.117. The molecule has 0 aromatic carbocycles. The van der Waals surface area contributed by atoms with Gasteiger partial charge in [0, 0.05) is 12.6 Å². The summed E-state index contributed by atoms with van der Waals surface area (Å²) in [6.45, 7) is 7.14. The van der Waals surface area contributed by atoms with E-state index >= 15 is 0 Å². The van der Waals surface area contributed by atoms with Crippen LogP contribution in [0.4, 0.5) is 0 Å². The first-order chi connectivity index (χ1) is 10.6. The van der Waals surface area contributed by atoms with Gasteiger partial charge in [-0.25, -0.2) is 9.97 Å². The number of nitrogens with zero attached hydrogens (tertiary/aromatic N) is 3. The number of halogens is 1. The van der Waals surface area contributed by atoms with Gasteiger partial charge in [-0.1, -0.05) is 0 Å². The highest BCUT2D eigenvalue weighted by atomic mass is 79.9. The zero-order valence-electron chi connectivity index (χ0n) is 13.3. The van der Waals surface area contributed by atoms with Gasteiger partial charge < -0.3 is 14.0 Å². The summed E-state index contributed by atoms with van der Waals surface area (Å²) in [6.07, 6.45) is 4.81. The van der Waals surface area contributed by atoms with E-state index in [2.05, 4.69) is 39.3 Å². The number of imidazole rings is 1. The minimum absolute atomic E-state index is 0.114. The lowest BCUT2D eigenvalue weighted by molar-refractivity contribution is -0.188. The molecule has 1 fully saturated rings. The van der Waals surface area contributed by atoms with Crippen LogP contribution >= 0.6 is 15.9 Å². The Balaban J connectivity index is 1.92. The standard InChI is InChI=1S/C16H22BrN3O2/c1-10(2)20-13-8-14(17)18-9-12(13)19-16(20)11(3)22-15-6-4-5-7-21-15/h8-11,15H,4-7H2,1-3H3/t11-,15?/m1/s1. The van der Waals surface area contributed by atoms with E-state index in [1.54, 1.807) is 6.20 Å². The van der Waals surface area contributed by atoms with Crippen LogP contribution in [0.25, 0.3) is 11.0 Å². The number of rotatable bonds is 4. The Morgan fingerprint density at radius 3 is 2.86 bits per heavy atom. The van der Waals surface area contributed by atoms with E-state index in [1.807, 2.05) is 13.0 Å². The Morgan fingerprint density at radius 2 is 2.18 bits per heavy atom. The number of hydrogen-bond donors (Lipinski definition) is 0. The number of pyridine rings is 1. The number of aromatic nitrogens is 3. The van der Waals surface area contributed by atoms with Crippen molar-refractivity contribution in [2.45, 2.75) is 58.5 Å². The Kier molecular flexibility index (Phi) is 4.80. The number of ether oxygens (including phenoxy) is 2. The van der Waals surface area contributed by atoms with Crippen LogP contribution in [0, 0.1) is 0 Å². The van der Waals surface area contributed by atoms with Crippen molar-refractivity contribution in [3.63, 3.8) is 0 Å². The molecule has 1 aliphatic heterocycles. The van der Waals surface area contributed by atoms with Gasteiger partial charge in [-0.05, 0) is 62.0 Å². The third kappa shape index (κ3) is 3.19. The van der Waals surface area contributed by atoms with E-state index in [0.717, 1.165) is 47.3 Å². The maximum Gasteiger partial charge on any atom is 0.158 e. The SMILES string of the molecule is CC(C)n1c([C@@H](C)OC2CCCCO2)nc2cnc(Br)cc21. The molecule has 5 nitrogen and oxygen atoms in total. The molecule has 0 saturated carbocycles. The summed E-state index contributed by atoms with van der Waals surface area (Å²) in [7, 11) is 0. The molecule has 22 heavy (non-hydrogen) atoms. The van der Waals surface area contributed by atoms with E-state index in [0.29, 0.717) is 6.04 Å². The summed E-state index contributed by atoms with van der Waals surface area (Å²) in [6, 6.07) is 2.31. The fourth-order valence-electron chi connectivity index (χ4n) is 2.93. The van der Waals surface area contributed by atoms with E-state index in [9.17, 15) is 0 Å². The number of fused-ring (bicyclic) bond motifs is 1. The fourth-order valence-corrected chi connectivity index (χ4v) is 3.25. The van der Waals surface area contributed by atoms with Gasteiger partial charge in [0.2, 0.25) is 0 Å². The average Bonchev–Trinajstić information content (AvgIpc) is 2.87. The first-order valence-corrected chi connectivity index (χ1v) is 8.66. The van der Waals surface area contributed by atoms with E-state index in [-0.39, 0.29) is 12.4 Å². The summed E-state index contributed by atoms with van der Waals surface area (Å²) >= 11 is 3.44. The predicted octanol–water partition coefficient (Wildman–Crippen LogP) is 4.38. The second-order valence-corrected chi connectivity index (χ2v) is 6.82. The van der Waals surface area contributed by atoms with Gasteiger partial charge in [-0.15, -0.1) is 0 Å². The molecule has 1 aliphatic rings. The second kappa shape index (κ2) is 6.64. The summed E-state index contributed by atoms with van der Waals surface area (Å²) in [4.78, 5) is 9.01. The molecule has 0 radical (unpaired) electrons. The Bertz CT molecular complexity index is 650. The smallest absolute Gasteiger partial charge is 0.158 e. The molecule has 0 amide bonds. The Labute approximate surface area is 139 Å². The molecule has 0 spiro atoms. The molecule has 0 aliphatic carbocycles. The van der Waals surface area contributed by atoms with Crippen LogP contribution in [0.5, 0.6) is 0 Å². The van der Waals surface area contributed by atoms with E-state index < -0.39 is 0 Å². The lowest BCUT2D eigenvalue weighted by Crippen LogP contribution is -2.25. The molecule has 120 valence electrons. The quantitative estimate of drug-likeness (QED) is 0.752. The van der Waals surface area contributed by atoms with Crippen LogP contribution in [0.2, 0.25) is 0 Å². The van der Waals surface area contributed by atoms with Gasteiger partial charge in [0.1, 0.15) is 22.0 Å². The largest absolute Gasteiger partial charge is 0.353 e. The predicted molar refractivity (Wildman–Crippen MR) is 88.7 cm³/mol. The maximum absolute atomic E-state index is 6.09.